The summed E-state index contributed by atoms with van der Waals surface area (Å²) in [5, 5.41) is 2.67. The van der Waals surface area contributed by atoms with E-state index in [9.17, 15) is 14.2 Å². The lowest BCUT2D eigenvalue weighted by molar-refractivity contribution is -0.145. The number of benzene rings is 1. The highest BCUT2D eigenvalue weighted by atomic mass is 31.2. The van der Waals surface area contributed by atoms with Crippen LogP contribution in [0.2, 0.25) is 0 Å². The predicted molar refractivity (Wildman–Crippen MR) is 118 cm³/mol. The van der Waals surface area contributed by atoms with Crippen LogP contribution in [0.1, 0.15) is 52.5 Å². The van der Waals surface area contributed by atoms with Gasteiger partial charge in [-0.3, -0.25) is 14.2 Å². The van der Waals surface area contributed by atoms with Crippen molar-refractivity contribution >= 4 is 19.5 Å². The molecule has 0 spiro atoms. The number of hydrogen-bond acceptors (Lipinski definition) is 7. The van der Waals surface area contributed by atoms with Crippen LogP contribution in [0.3, 0.4) is 0 Å². The molecule has 0 radical (unpaired) electrons. The standard InChI is InChI=1S/C13H20NO4P.C8H17NO2/c1-4-17-13(15)11(2)14-19(3,16)18-10-12-8-6-5-7-9-12;1-3-5-6-7(9)8(10)11-4-2/h5-9,11H,4,10H2,1-3H3,(H,14,16);7H,3-6,9H2,1-2H3. The summed E-state index contributed by atoms with van der Waals surface area (Å²) in [7, 11) is -3.04. The second-order valence-electron chi connectivity index (χ2n) is 6.71. The molecule has 3 unspecified atom stereocenters. The second-order valence-corrected chi connectivity index (χ2v) is 8.92. The first-order chi connectivity index (χ1) is 14.2. The van der Waals surface area contributed by atoms with Gasteiger partial charge in [-0.25, -0.2) is 5.09 Å². The third-order valence-corrected chi connectivity index (χ3v) is 5.32. The zero-order chi connectivity index (χ0) is 23.0. The van der Waals surface area contributed by atoms with Crippen molar-refractivity contribution in [1.29, 1.82) is 0 Å². The molecule has 3 atom stereocenters. The van der Waals surface area contributed by atoms with Crippen LogP contribution in [-0.2, 0) is 34.8 Å². The van der Waals surface area contributed by atoms with Gasteiger partial charge in [-0.1, -0.05) is 50.1 Å². The monoisotopic (exact) mass is 444 g/mol. The summed E-state index contributed by atoms with van der Waals surface area (Å²) in [6.07, 6.45) is 2.78. The summed E-state index contributed by atoms with van der Waals surface area (Å²) in [6, 6.07) is 8.35. The van der Waals surface area contributed by atoms with Crippen LogP contribution >= 0.6 is 7.52 Å². The lowest BCUT2D eigenvalue weighted by Crippen LogP contribution is -2.33. The molecule has 0 saturated heterocycles. The molecule has 0 fully saturated rings. The number of esters is 2. The van der Waals surface area contributed by atoms with E-state index in [1.807, 2.05) is 30.3 Å². The molecule has 172 valence electrons. The maximum atomic E-state index is 12.2. The van der Waals surface area contributed by atoms with E-state index in [4.69, 9.17) is 19.7 Å². The Hall–Kier alpha value is -1.73. The molecule has 1 aromatic carbocycles. The molecular formula is C21H37N2O6P. The molecule has 0 aliphatic carbocycles. The highest BCUT2D eigenvalue weighted by Crippen LogP contribution is 2.39. The molecular weight excluding hydrogens is 407 g/mol. The Bertz CT molecular complexity index is 656. The molecule has 0 bridgehead atoms. The van der Waals surface area contributed by atoms with E-state index in [0.29, 0.717) is 13.2 Å². The maximum absolute atomic E-state index is 12.2. The Morgan fingerprint density at radius 1 is 1.07 bits per heavy atom. The number of carbonyl (C=O) groups is 2. The van der Waals surface area contributed by atoms with Crippen molar-refractivity contribution in [1.82, 2.24) is 5.09 Å². The summed E-state index contributed by atoms with van der Waals surface area (Å²) in [4.78, 5) is 22.3. The number of carbonyl (C=O) groups excluding carboxylic acids is 2. The van der Waals surface area contributed by atoms with E-state index in [1.165, 1.54) is 6.66 Å². The molecule has 0 heterocycles. The van der Waals surface area contributed by atoms with Gasteiger partial charge >= 0.3 is 11.9 Å². The van der Waals surface area contributed by atoms with Crippen molar-refractivity contribution in [3.05, 3.63) is 35.9 Å². The van der Waals surface area contributed by atoms with Gasteiger partial charge in [0.05, 0.1) is 19.8 Å². The van der Waals surface area contributed by atoms with Crippen molar-refractivity contribution in [2.24, 2.45) is 5.73 Å². The summed E-state index contributed by atoms with van der Waals surface area (Å²) < 4.78 is 27.1. The van der Waals surface area contributed by atoms with Crippen LogP contribution in [0.5, 0.6) is 0 Å². The van der Waals surface area contributed by atoms with Gasteiger partial charge in [0.15, 0.2) is 0 Å². The third-order valence-electron chi connectivity index (χ3n) is 3.85. The zero-order valence-corrected chi connectivity index (χ0v) is 19.7. The molecule has 8 nitrogen and oxygen atoms in total. The lowest BCUT2D eigenvalue weighted by atomic mass is 10.1. The van der Waals surface area contributed by atoms with Crippen molar-refractivity contribution in [3.63, 3.8) is 0 Å². The minimum atomic E-state index is -3.04. The second kappa shape index (κ2) is 16.0. The topological polar surface area (TPSA) is 117 Å². The Labute approximate surface area is 180 Å². The van der Waals surface area contributed by atoms with Gasteiger partial charge in [-0.05, 0) is 32.8 Å². The normalized spacial score (nSPS) is 14.5. The fourth-order valence-corrected chi connectivity index (χ4v) is 3.55. The number of nitrogens with two attached hydrogens (primary N) is 1. The fourth-order valence-electron chi connectivity index (χ4n) is 2.27. The molecule has 1 aromatic rings. The highest BCUT2D eigenvalue weighted by Gasteiger charge is 2.24. The van der Waals surface area contributed by atoms with E-state index in [2.05, 4.69) is 12.0 Å². The van der Waals surface area contributed by atoms with Crippen molar-refractivity contribution in [2.75, 3.05) is 19.9 Å². The van der Waals surface area contributed by atoms with Gasteiger partial charge in [0.2, 0.25) is 0 Å². The molecule has 1 rings (SSSR count). The Kier molecular flexibility index (Phi) is 15.1. The minimum Gasteiger partial charge on any atom is -0.465 e. The predicted octanol–water partition coefficient (Wildman–Crippen LogP) is 3.63. The zero-order valence-electron chi connectivity index (χ0n) is 18.8. The van der Waals surface area contributed by atoms with Crippen LogP contribution in [0.25, 0.3) is 0 Å². The van der Waals surface area contributed by atoms with Crippen LogP contribution in [0.15, 0.2) is 30.3 Å². The van der Waals surface area contributed by atoms with Gasteiger partial charge in [-0.15, -0.1) is 0 Å². The van der Waals surface area contributed by atoms with Crippen molar-refractivity contribution in [2.45, 2.75) is 65.6 Å². The molecule has 0 saturated carbocycles. The summed E-state index contributed by atoms with van der Waals surface area (Å²) >= 11 is 0. The number of ether oxygens (including phenoxy) is 2. The van der Waals surface area contributed by atoms with E-state index in [1.54, 1.807) is 20.8 Å². The Morgan fingerprint density at radius 3 is 2.17 bits per heavy atom. The Morgan fingerprint density at radius 2 is 1.63 bits per heavy atom. The highest BCUT2D eigenvalue weighted by molar-refractivity contribution is 7.56. The van der Waals surface area contributed by atoms with Gasteiger partial charge in [0.25, 0.3) is 7.52 Å². The SMILES string of the molecule is CCCCC(N)C(=O)OCC.CCOC(=O)C(C)NP(C)(=O)OCc1ccccc1. The quantitative estimate of drug-likeness (QED) is 0.371. The van der Waals surface area contributed by atoms with Gasteiger partial charge in [0, 0.05) is 6.66 Å². The first-order valence-corrected chi connectivity index (χ1v) is 12.4. The van der Waals surface area contributed by atoms with E-state index < -0.39 is 25.6 Å². The lowest BCUT2D eigenvalue weighted by Gasteiger charge is -2.19. The van der Waals surface area contributed by atoms with Gasteiger partial charge < -0.3 is 19.7 Å². The van der Waals surface area contributed by atoms with Crippen LogP contribution < -0.4 is 10.8 Å². The Balaban J connectivity index is 0.000000654. The fraction of sp³-hybridized carbons (Fsp3) is 0.619. The number of hydrogen-bond donors (Lipinski definition) is 2. The summed E-state index contributed by atoms with van der Waals surface area (Å²) in [5.74, 6) is -0.714. The van der Waals surface area contributed by atoms with E-state index in [0.717, 1.165) is 24.8 Å². The van der Waals surface area contributed by atoms with Crippen molar-refractivity contribution < 1.29 is 28.2 Å². The van der Waals surface area contributed by atoms with E-state index >= 15 is 0 Å². The smallest absolute Gasteiger partial charge is 0.323 e. The molecule has 0 aromatic heterocycles. The molecule has 9 heteroatoms. The third kappa shape index (κ3) is 13.5. The number of nitrogens with one attached hydrogen (secondary N) is 1. The van der Waals surface area contributed by atoms with Crippen molar-refractivity contribution in [3.8, 4) is 0 Å². The van der Waals surface area contributed by atoms with Gasteiger partial charge in [0.1, 0.15) is 12.1 Å². The van der Waals surface area contributed by atoms with Crippen LogP contribution in [0, 0.1) is 0 Å². The molecule has 0 aliphatic rings. The van der Waals surface area contributed by atoms with Gasteiger partial charge in [-0.2, -0.15) is 0 Å². The minimum absolute atomic E-state index is 0.233. The largest absolute Gasteiger partial charge is 0.465 e. The molecule has 0 aliphatic heterocycles. The number of unbranched alkanes of at least 4 members (excludes halogenated alkanes) is 1. The number of rotatable bonds is 12. The van der Waals surface area contributed by atoms with Crippen LogP contribution in [0.4, 0.5) is 0 Å². The average molecular weight is 445 g/mol. The summed E-state index contributed by atoms with van der Waals surface area (Å²) in [5.41, 5.74) is 6.44. The first-order valence-electron chi connectivity index (χ1n) is 10.3. The van der Waals surface area contributed by atoms with E-state index in [-0.39, 0.29) is 12.6 Å². The maximum Gasteiger partial charge on any atom is 0.323 e. The first kappa shape index (κ1) is 28.3. The molecule has 0 amide bonds. The molecule has 3 N–H and O–H groups in total. The summed E-state index contributed by atoms with van der Waals surface area (Å²) in [6.45, 7) is 9.57. The molecule has 30 heavy (non-hydrogen) atoms. The van der Waals surface area contributed by atoms with Crippen LogP contribution in [-0.4, -0.2) is 43.9 Å². The average Bonchev–Trinajstić information content (AvgIpc) is 2.72.